The lowest BCUT2D eigenvalue weighted by molar-refractivity contribution is -0.122. The molecule has 4 heteroatoms. The fourth-order valence-corrected chi connectivity index (χ4v) is 1.42. The van der Waals surface area contributed by atoms with E-state index in [2.05, 4.69) is 0 Å². The molecule has 0 spiro atoms. The standard InChI is InChI=1S/C11H22N2O2/c1-11(13,10(12)14)6-2-7-15-8-5-9-3-4-9/h9H,2-8,13H2,1H3,(H2,12,14). The molecule has 4 N–H and O–H groups in total. The molecule has 1 amide bonds. The molecular formula is C11H22N2O2. The van der Waals surface area contributed by atoms with Gasteiger partial charge in [-0.3, -0.25) is 4.79 Å². The van der Waals surface area contributed by atoms with Crippen LogP contribution in [0, 0.1) is 5.92 Å². The van der Waals surface area contributed by atoms with E-state index in [0.29, 0.717) is 13.0 Å². The van der Waals surface area contributed by atoms with Crippen LogP contribution in [0.4, 0.5) is 0 Å². The SMILES string of the molecule is CC(N)(CCCOCCC1CC1)C(N)=O. The van der Waals surface area contributed by atoms with Gasteiger partial charge in [-0.05, 0) is 32.1 Å². The van der Waals surface area contributed by atoms with Crippen LogP contribution in [-0.2, 0) is 9.53 Å². The normalized spacial score (nSPS) is 19.9. The summed E-state index contributed by atoms with van der Waals surface area (Å²) in [5.41, 5.74) is 9.97. The van der Waals surface area contributed by atoms with Crippen LogP contribution in [0.15, 0.2) is 0 Å². The first-order valence-corrected chi connectivity index (χ1v) is 5.69. The number of ether oxygens (including phenoxy) is 1. The van der Waals surface area contributed by atoms with Crippen molar-refractivity contribution >= 4 is 5.91 Å². The van der Waals surface area contributed by atoms with Crippen LogP contribution in [0.25, 0.3) is 0 Å². The average Bonchev–Trinajstić information content (AvgIpc) is 2.94. The molecule has 0 bridgehead atoms. The van der Waals surface area contributed by atoms with Crippen molar-refractivity contribution in [3.63, 3.8) is 0 Å². The lowest BCUT2D eigenvalue weighted by Crippen LogP contribution is -2.49. The maximum Gasteiger partial charge on any atom is 0.237 e. The van der Waals surface area contributed by atoms with Gasteiger partial charge in [-0.1, -0.05) is 12.8 Å². The van der Waals surface area contributed by atoms with Crippen molar-refractivity contribution in [2.75, 3.05) is 13.2 Å². The number of carbonyl (C=O) groups excluding carboxylic acids is 1. The van der Waals surface area contributed by atoms with Gasteiger partial charge in [0.25, 0.3) is 0 Å². The first-order chi connectivity index (χ1) is 7.02. The molecule has 1 aliphatic carbocycles. The molecule has 0 aromatic heterocycles. The second kappa shape index (κ2) is 5.47. The van der Waals surface area contributed by atoms with Crippen LogP contribution < -0.4 is 11.5 Å². The highest BCUT2D eigenvalue weighted by Gasteiger charge is 2.24. The molecule has 1 rings (SSSR count). The monoisotopic (exact) mass is 214 g/mol. The van der Waals surface area contributed by atoms with Gasteiger partial charge >= 0.3 is 0 Å². The third-order valence-electron chi connectivity index (χ3n) is 2.92. The second-order valence-electron chi connectivity index (χ2n) is 4.73. The highest BCUT2D eigenvalue weighted by molar-refractivity contribution is 5.83. The molecule has 1 fully saturated rings. The van der Waals surface area contributed by atoms with Crippen LogP contribution in [0.5, 0.6) is 0 Å². The van der Waals surface area contributed by atoms with E-state index in [-0.39, 0.29) is 0 Å². The predicted molar refractivity (Wildman–Crippen MR) is 59.2 cm³/mol. The second-order valence-corrected chi connectivity index (χ2v) is 4.73. The zero-order valence-electron chi connectivity index (χ0n) is 9.50. The van der Waals surface area contributed by atoms with E-state index >= 15 is 0 Å². The Labute approximate surface area is 91.3 Å². The van der Waals surface area contributed by atoms with E-state index in [1.54, 1.807) is 6.92 Å². The minimum atomic E-state index is -0.889. The Balaban J connectivity index is 1.93. The Bertz CT molecular complexity index is 213. The molecule has 0 radical (unpaired) electrons. The van der Waals surface area contributed by atoms with Gasteiger partial charge in [0.1, 0.15) is 0 Å². The number of carbonyl (C=O) groups is 1. The molecule has 1 aliphatic rings. The Morgan fingerprint density at radius 3 is 2.67 bits per heavy atom. The van der Waals surface area contributed by atoms with Crippen LogP contribution in [0.2, 0.25) is 0 Å². The molecule has 88 valence electrons. The molecule has 0 aliphatic heterocycles. The molecule has 0 heterocycles. The number of amides is 1. The zero-order valence-corrected chi connectivity index (χ0v) is 9.50. The van der Waals surface area contributed by atoms with Crippen molar-refractivity contribution in [3.8, 4) is 0 Å². The van der Waals surface area contributed by atoms with Crippen LogP contribution in [-0.4, -0.2) is 24.7 Å². The Kier molecular flexibility index (Phi) is 4.54. The molecule has 0 saturated heterocycles. The molecule has 15 heavy (non-hydrogen) atoms. The van der Waals surface area contributed by atoms with E-state index in [1.165, 1.54) is 19.3 Å². The summed E-state index contributed by atoms with van der Waals surface area (Å²) in [6.07, 6.45) is 5.29. The molecule has 1 atom stereocenters. The highest BCUT2D eigenvalue weighted by Crippen LogP contribution is 2.32. The molecule has 1 saturated carbocycles. The zero-order chi connectivity index (χ0) is 11.3. The van der Waals surface area contributed by atoms with Gasteiger partial charge in [-0.25, -0.2) is 0 Å². The quantitative estimate of drug-likeness (QED) is 0.586. The topological polar surface area (TPSA) is 78.3 Å². The van der Waals surface area contributed by atoms with Crippen LogP contribution in [0.3, 0.4) is 0 Å². The largest absolute Gasteiger partial charge is 0.381 e. The molecule has 1 unspecified atom stereocenters. The van der Waals surface area contributed by atoms with E-state index in [9.17, 15) is 4.79 Å². The summed E-state index contributed by atoms with van der Waals surface area (Å²) in [7, 11) is 0. The smallest absolute Gasteiger partial charge is 0.237 e. The minimum Gasteiger partial charge on any atom is -0.381 e. The van der Waals surface area contributed by atoms with Crippen molar-refractivity contribution < 1.29 is 9.53 Å². The van der Waals surface area contributed by atoms with Gasteiger partial charge in [0.05, 0.1) is 5.54 Å². The van der Waals surface area contributed by atoms with E-state index in [0.717, 1.165) is 18.9 Å². The van der Waals surface area contributed by atoms with E-state index < -0.39 is 11.4 Å². The number of nitrogens with two attached hydrogens (primary N) is 2. The Hall–Kier alpha value is -0.610. The van der Waals surface area contributed by atoms with Gasteiger partial charge in [0.2, 0.25) is 5.91 Å². The summed E-state index contributed by atoms with van der Waals surface area (Å²) in [5, 5.41) is 0. The summed E-state index contributed by atoms with van der Waals surface area (Å²) in [6, 6.07) is 0. The van der Waals surface area contributed by atoms with Gasteiger partial charge in [-0.15, -0.1) is 0 Å². The summed E-state index contributed by atoms with van der Waals surface area (Å²) < 4.78 is 5.45. The van der Waals surface area contributed by atoms with E-state index in [4.69, 9.17) is 16.2 Å². The predicted octanol–water partition coefficient (Wildman–Crippen LogP) is 0.786. The van der Waals surface area contributed by atoms with Gasteiger partial charge in [0, 0.05) is 13.2 Å². The Morgan fingerprint density at radius 1 is 1.47 bits per heavy atom. The Morgan fingerprint density at radius 2 is 2.13 bits per heavy atom. The summed E-state index contributed by atoms with van der Waals surface area (Å²) >= 11 is 0. The minimum absolute atomic E-state index is 0.444. The molecular weight excluding hydrogens is 192 g/mol. The summed E-state index contributed by atoms with van der Waals surface area (Å²) in [6.45, 7) is 3.18. The molecule has 4 nitrogen and oxygen atoms in total. The third kappa shape index (κ3) is 5.14. The van der Waals surface area contributed by atoms with Gasteiger partial charge < -0.3 is 16.2 Å². The first-order valence-electron chi connectivity index (χ1n) is 5.69. The van der Waals surface area contributed by atoms with Crippen LogP contribution in [0.1, 0.15) is 39.0 Å². The number of hydrogen-bond acceptors (Lipinski definition) is 3. The van der Waals surface area contributed by atoms with Gasteiger partial charge in [-0.2, -0.15) is 0 Å². The third-order valence-corrected chi connectivity index (χ3v) is 2.92. The summed E-state index contributed by atoms with van der Waals surface area (Å²) in [5.74, 6) is 0.468. The number of primary amides is 1. The number of rotatable bonds is 8. The fraction of sp³-hybridized carbons (Fsp3) is 0.909. The van der Waals surface area contributed by atoms with Crippen molar-refractivity contribution in [2.45, 2.75) is 44.6 Å². The maximum atomic E-state index is 10.9. The van der Waals surface area contributed by atoms with Crippen molar-refractivity contribution in [2.24, 2.45) is 17.4 Å². The van der Waals surface area contributed by atoms with Crippen molar-refractivity contribution in [1.82, 2.24) is 0 Å². The average molecular weight is 214 g/mol. The maximum absolute atomic E-state index is 10.9. The molecule has 0 aromatic rings. The first kappa shape index (κ1) is 12.5. The van der Waals surface area contributed by atoms with Crippen LogP contribution >= 0.6 is 0 Å². The lowest BCUT2D eigenvalue weighted by atomic mass is 9.97. The van der Waals surface area contributed by atoms with Gasteiger partial charge in [0.15, 0.2) is 0 Å². The van der Waals surface area contributed by atoms with E-state index in [1.807, 2.05) is 0 Å². The fourth-order valence-electron chi connectivity index (χ4n) is 1.42. The van der Waals surface area contributed by atoms with Crippen molar-refractivity contribution in [3.05, 3.63) is 0 Å². The lowest BCUT2D eigenvalue weighted by Gasteiger charge is -2.19. The highest BCUT2D eigenvalue weighted by atomic mass is 16.5. The molecule has 0 aromatic carbocycles. The summed E-state index contributed by atoms with van der Waals surface area (Å²) in [4.78, 5) is 10.9. The van der Waals surface area contributed by atoms with Crippen molar-refractivity contribution in [1.29, 1.82) is 0 Å². The number of hydrogen-bond donors (Lipinski definition) is 2.